The van der Waals surface area contributed by atoms with Crippen molar-refractivity contribution in [2.24, 2.45) is 5.92 Å². The molecule has 2 aromatic rings. The number of aromatic amines is 1. The molecule has 0 bridgehead atoms. The normalized spacial score (nSPS) is 11.4. The van der Waals surface area contributed by atoms with Crippen molar-refractivity contribution in [2.45, 2.75) is 33.7 Å². The van der Waals surface area contributed by atoms with Gasteiger partial charge in [0.05, 0.1) is 27.2 Å². The van der Waals surface area contributed by atoms with Gasteiger partial charge in [-0.25, -0.2) is 0 Å². The molecule has 0 aliphatic carbocycles. The zero-order valence-electron chi connectivity index (χ0n) is 17.2. The first-order valence-electron chi connectivity index (χ1n) is 9.70. The van der Waals surface area contributed by atoms with Crippen molar-refractivity contribution in [3.63, 3.8) is 0 Å². The molecule has 2 rings (SSSR count). The number of thiocarbonyl (C=S) groups is 1. The molecule has 0 radical (unpaired) electrons. The van der Waals surface area contributed by atoms with Crippen LogP contribution in [-0.4, -0.2) is 48.7 Å². The summed E-state index contributed by atoms with van der Waals surface area (Å²) in [5.74, 6) is 0.517. The third-order valence-electron chi connectivity index (χ3n) is 4.49. The third-order valence-corrected chi connectivity index (χ3v) is 4.90. The number of nitrogens with zero attached hydrogens (tertiary/aromatic N) is 1. The summed E-state index contributed by atoms with van der Waals surface area (Å²) in [6.07, 6.45) is 1.02. The maximum Gasteiger partial charge on any atom is 0.253 e. The molecule has 1 heterocycles. The number of aromatic nitrogens is 1. The lowest BCUT2D eigenvalue weighted by Crippen LogP contribution is -3.05. The molecule has 0 fully saturated rings. The number of pyridine rings is 1. The van der Waals surface area contributed by atoms with Crippen LogP contribution in [0.5, 0.6) is 0 Å². The minimum absolute atomic E-state index is 0.0389. The molecule has 3 N–H and O–H groups in total. The van der Waals surface area contributed by atoms with E-state index < -0.39 is 0 Å². The van der Waals surface area contributed by atoms with Crippen molar-refractivity contribution in [1.82, 2.24) is 15.2 Å². The van der Waals surface area contributed by atoms with Crippen LogP contribution in [0.25, 0.3) is 10.9 Å². The Bertz CT molecular complexity index is 829. The number of hydrogen-bond donors (Lipinski definition) is 3. The number of hydrogen-bond acceptors (Lipinski definition) is 2. The molecule has 0 saturated carbocycles. The molecule has 0 aliphatic rings. The first-order valence-corrected chi connectivity index (χ1v) is 10.1. The molecule has 0 amide bonds. The Kier molecular flexibility index (Phi) is 7.80. The highest BCUT2D eigenvalue weighted by Gasteiger charge is 2.14. The molecule has 0 aliphatic heterocycles. The van der Waals surface area contributed by atoms with Crippen LogP contribution in [0.2, 0.25) is 0 Å². The molecule has 6 heteroatoms. The van der Waals surface area contributed by atoms with E-state index in [1.165, 1.54) is 4.90 Å². The zero-order chi connectivity index (χ0) is 20.0. The molecule has 148 valence electrons. The molecule has 1 aromatic carbocycles. The van der Waals surface area contributed by atoms with Gasteiger partial charge in [-0.15, -0.1) is 0 Å². The van der Waals surface area contributed by atoms with E-state index in [1.807, 2.05) is 19.1 Å². The van der Waals surface area contributed by atoms with E-state index in [4.69, 9.17) is 12.2 Å². The SMILES string of the molecule is Cc1ccc2cc(CN(CCC[NH+](C)C)C(=S)NCC(C)C)c(=O)[nH]c2c1. The monoisotopic (exact) mass is 389 g/mol. The Morgan fingerprint density at radius 1 is 1.30 bits per heavy atom. The van der Waals surface area contributed by atoms with Gasteiger partial charge >= 0.3 is 0 Å². The summed E-state index contributed by atoms with van der Waals surface area (Å²) in [4.78, 5) is 19.1. The summed E-state index contributed by atoms with van der Waals surface area (Å²) < 4.78 is 0. The Morgan fingerprint density at radius 2 is 2.04 bits per heavy atom. The second-order valence-electron chi connectivity index (χ2n) is 8.03. The smallest absolute Gasteiger partial charge is 0.253 e. The number of aryl methyl sites for hydroxylation is 1. The lowest BCUT2D eigenvalue weighted by Gasteiger charge is -2.26. The van der Waals surface area contributed by atoms with Crippen molar-refractivity contribution >= 4 is 28.2 Å². The van der Waals surface area contributed by atoms with E-state index >= 15 is 0 Å². The molecule has 0 saturated heterocycles. The van der Waals surface area contributed by atoms with Crippen LogP contribution < -0.4 is 15.8 Å². The summed E-state index contributed by atoms with van der Waals surface area (Å²) in [6.45, 7) is 9.60. The Hall–Kier alpha value is -1.92. The molecule has 0 atom stereocenters. The largest absolute Gasteiger partial charge is 0.362 e. The van der Waals surface area contributed by atoms with Crippen molar-refractivity contribution in [2.75, 3.05) is 33.7 Å². The predicted octanol–water partition coefficient (Wildman–Crippen LogP) is 1.70. The van der Waals surface area contributed by atoms with E-state index in [0.717, 1.165) is 53.2 Å². The van der Waals surface area contributed by atoms with Crippen LogP contribution in [-0.2, 0) is 6.54 Å². The number of quaternary nitrogens is 1. The highest BCUT2D eigenvalue weighted by atomic mass is 32.1. The number of fused-ring (bicyclic) bond motifs is 1. The van der Waals surface area contributed by atoms with Gasteiger partial charge in [-0.05, 0) is 48.1 Å². The third kappa shape index (κ3) is 6.63. The minimum atomic E-state index is -0.0389. The van der Waals surface area contributed by atoms with Crippen molar-refractivity contribution in [1.29, 1.82) is 0 Å². The van der Waals surface area contributed by atoms with E-state index in [1.54, 1.807) is 0 Å². The Balaban J connectivity index is 2.20. The molecule has 0 spiro atoms. The summed E-state index contributed by atoms with van der Waals surface area (Å²) >= 11 is 5.62. The van der Waals surface area contributed by atoms with Crippen LogP contribution in [0.3, 0.4) is 0 Å². The van der Waals surface area contributed by atoms with Gasteiger partial charge in [-0.3, -0.25) is 4.79 Å². The van der Waals surface area contributed by atoms with E-state index in [0.29, 0.717) is 12.5 Å². The fraction of sp³-hybridized carbons (Fsp3) is 0.524. The van der Waals surface area contributed by atoms with Crippen molar-refractivity contribution in [3.05, 3.63) is 45.7 Å². The molecule has 1 aromatic heterocycles. The topological polar surface area (TPSA) is 52.6 Å². The number of H-pyrrole nitrogens is 1. The number of benzene rings is 1. The minimum Gasteiger partial charge on any atom is -0.362 e. The molecular formula is C21H33N4OS+. The van der Waals surface area contributed by atoms with Gasteiger partial charge in [0.2, 0.25) is 0 Å². The van der Waals surface area contributed by atoms with E-state index in [9.17, 15) is 4.79 Å². The maximum atomic E-state index is 12.6. The second-order valence-corrected chi connectivity index (χ2v) is 8.41. The molecular weight excluding hydrogens is 356 g/mol. The Morgan fingerprint density at radius 3 is 2.70 bits per heavy atom. The highest BCUT2D eigenvalue weighted by molar-refractivity contribution is 7.80. The van der Waals surface area contributed by atoms with Crippen molar-refractivity contribution in [3.8, 4) is 0 Å². The fourth-order valence-corrected chi connectivity index (χ4v) is 3.20. The van der Waals surface area contributed by atoms with Crippen LogP contribution in [0.1, 0.15) is 31.4 Å². The van der Waals surface area contributed by atoms with Gasteiger partial charge in [0.15, 0.2) is 5.11 Å². The van der Waals surface area contributed by atoms with Crippen LogP contribution >= 0.6 is 12.2 Å². The highest BCUT2D eigenvalue weighted by Crippen LogP contribution is 2.14. The quantitative estimate of drug-likeness (QED) is 0.602. The van der Waals surface area contributed by atoms with Gasteiger partial charge in [-0.1, -0.05) is 26.0 Å². The first kappa shape index (κ1) is 21.4. The molecule has 5 nitrogen and oxygen atoms in total. The van der Waals surface area contributed by atoms with Gasteiger partial charge < -0.3 is 20.1 Å². The second kappa shape index (κ2) is 9.85. The van der Waals surface area contributed by atoms with Crippen molar-refractivity contribution < 1.29 is 4.90 Å². The summed E-state index contributed by atoms with van der Waals surface area (Å²) in [7, 11) is 4.30. The number of rotatable bonds is 8. The van der Waals surface area contributed by atoms with Gasteiger partial charge in [-0.2, -0.15) is 0 Å². The number of nitrogens with one attached hydrogen (secondary N) is 3. The first-order chi connectivity index (χ1) is 12.8. The lowest BCUT2D eigenvalue weighted by atomic mass is 10.1. The van der Waals surface area contributed by atoms with Crippen LogP contribution in [0.15, 0.2) is 29.1 Å². The average Bonchev–Trinajstić information content (AvgIpc) is 2.59. The van der Waals surface area contributed by atoms with Crippen LogP contribution in [0.4, 0.5) is 0 Å². The standard InChI is InChI=1S/C21H32N4OS/c1-15(2)13-22-21(27)25(10-6-9-24(4)5)14-18-12-17-8-7-16(3)11-19(17)23-20(18)26/h7-8,11-12,15H,6,9-10,13-14H2,1-5H3,(H,22,27)(H,23,26)/p+1. The molecule has 0 unspecified atom stereocenters. The summed E-state index contributed by atoms with van der Waals surface area (Å²) in [5, 5.41) is 5.12. The van der Waals surface area contributed by atoms with Gasteiger partial charge in [0.1, 0.15) is 0 Å². The van der Waals surface area contributed by atoms with Gasteiger partial charge in [0, 0.05) is 30.6 Å². The fourth-order valence-electron chi connectivity index (χ4n) is 2.96. The van der Waals surface area contributed by atoms with E-state index in [-0.39, 0.29) is 5.56 Å². The van der Waals surface area contributed by atoms with Gasteiger partial charge in [0.25, 0.3) is 5.56 Å². The van der Waals surface area contributed by atoms with Crippen LogP contribution in [0, 0.1) is 12.8 Å². The average molecular weight is 390 g/mol. The summed E-state index contributed by atoms with van der Waals surface area (Å²) in [5.41, 5.74) is 2.73. The predicted molar refractivity (Wildman–Crippen MR) is 117 cm³/mol. The lowest BCUT2D eigenvalue weighted by molar-refractivity contribution is -0.858. The summed E-state index contributed by atoms with van der Waals surface area (Å²) in [6, 6.07) is 8.12. The van der Waals surface area contributed by atoms with E-state index in [2.05, 4.69) is 55.3 Å². The molecule has 27 heavy (non-hydrogen) atoms. The Labute approximate surface area is 167 Å². The maximum absolute atomic E-state index is 12.6. The zero-order valence-corrected chi connectivity index (χ0v) is 18.0.